The number of carbonyl (C=O) groups excluding carboxylic acids is 1. The van der Waals surface area contributed by atoms with Gasteiger partial charge in [-0.2, -0.15) is 0 Å². The lowest BCUT2D eigenvalue weighted by atomic mass is 10.1. The predicted octanol–water partition coefficient (Wildman–Crippen LogP) is 4.08. The summed E-state index contributed by atoms with van der Waals surface area (Å²) in [6.07, 6.45) is 0. The van der Waals surface area contributed by atoms with Gasteiger partial charge in [0.15, 0.2) is 0 Å². The molecule has 0 radical (unpaired) electrons. The van der Waals surface area contributed by atoms with E-state index in [2.05, 4.69) is 5.32 Å². The van der Waals surface area contributed by atoms with Gasteiger partial charge in [0, 0.05) is 0 Å². The van der Waals surface area contributed by atoms with Gasteiger partial charge in [0.25, 0.3) is 10.0 Å². The van der Waals surface area contributed by atoms with Crippen LogP contribution in [0.4, 0.5) is 5.69 Å². The zero-order valence-electron chi connectivity index (χ0n) is 17.8. The molecule has 0 aliphatic heterocycles. The molecular weight excluding hydrogens is 412 g/mol. The number of ether oxygens (including phenoxy) is 1. The van der Waals surface area contributed by atoms with Crippen LogP contribution in [0.2, 0.25) is 0 Å². The second-order valence-electron chi connectivity index (χ2n) is 7.22. The van der Waals surface area contributed by atoms with Crippen LogP contribution in [0, 0.1) is 6.92 Å². The SMILES string of the molecule is COc1ccc(N(CC(=O)N[C@H](C)c2ccccc2)S(=O)(=O)c2ccc(C)cc2)cc1. The molecule has 1 amide bonds. The van der Waals surface area contributed by atoms with Crippen molar-refractivity contribution in [1.29, 1.82) is 0 Å². The Morgan fingerprint density at radius 3 is 2.16 bits per heavy atom. The summed E-state index contributed by atoms with van der Waals surface area (Å²) in [6, 6.07) is 22.4. The monoisotopic (exact) mass is 438 g/mol. The van der Waals surface area contributed by atoms with Crippen molar-refractivity contribution in [2.75, 3.05) is 18.0 Å². The molecule has 3 aromatic rings. The van der Waals surface area contributed by atoms with Gasteiger partial charge < -0.3 is 10.1 Å². The van der Waals surface area contributed by atoms with Gasteiger partial charge in [-0.1, -0.05) is 48.0 Å². The van der Waals surface area contributed by atoms with Crippen LogP contribution in [0.5, 0.6) is 5.75 Å². The molecule has 6 nitrogen and oxygen atoms in total. The Morgan fingerprint density at radius 1 is 0.968 bits per heavy atom. The summed E-state index contributed by atoms with van der Waals surface area (Å²) in [5.41, 5.74) is 2.27. The van der Waals surface area contributed by atoms with E-state index in [0.29, 0.717) is 11.4 Å². The molecule has 1 atom stereocenters. The van der Waals surface area contributed by atoms with E-state index < -0.39 is 15.9 Å². The summed E-state index contributed by atoms with van der Waals surface area (Å²) in [4.78, 5) is 12.9. The topological polar surface area (TPSA) is 75.7 Å². The molecule has 31 heavy (non-hydrogen) atoms. The number of aryl methyl sites for hydroxylation is 1. The van der Waals surface area contributed by atoms with Crippen LogP contribution in [-0.4, -0.2) is 28.0 Å². The Balaban J connectivity index is 1.90. The molecule has 0 fully saturated rings. The van der Waals surface area contributed by atoms with Gasteiger partial charge in [-0.25, -0.2) is 8.42 Å². The highest BCUT2D eigenvalue weighted by Crippen LogP contribution is 2.26. The maximum Gasteiger partial charge on any atom is 0.264 e. The number of nitrogens with zero attached hydrogens (tertiary/aromatic N) is 1. The first kappa shape index (κ1) is 22.4. The van der Waals surface area contributed by atoms with Crippen molar-refractivity contribution in [3.05, 3.63) is 90.0 Å². The van der Waals surface area contributed by atoms with Crippen LogP contribution in [-0.2, 0) is 14.8 Å². The van der Waals surface area contributed by atoms with Crippen LogP contribution in [0.15, 0.2) is 83.8 Å². The lowest BCUT2D eigenvalue weighted by molar-refractivity contribution is -0.120. The first-order chi connectivity index (χ1) is 14.8. The number of rotatable bonds is 8. The Kier molecular flexibility index (Phi) is 6.97. The third-order valence-corrected chi connectivity index (χ3v) is 6.72. The molecule has 7 heteroatoms. The largest absolute Gasteiger partial charge is 0.497 e. The number of hydrogen-bond donors (Lipinski definition) is 1. The van der Waals surface area contributed by atoms with Gasteiger partial charge >= 0.3 is 0 Å². The molecule has 3 rings (SSSR count). The Labute approximate surface area is 183 Å². The minimum Gasteiger partial charge on any atom is -0.497 e. The first-order valence-corrected chi connectivity index (χ1v) is 11.3. The third-order valence-electron chi connectivity index (χ3n) is 4.93. The standard InChI is InChI=1S/C24H26N2O4S/c1-18-9-15-23(16-10-18)31(28,29)26(21-11-13-22(30-3)14-12-21)17-24(27)25-19(2)20-7-5-4-6-8-20/h4-16,19H,17H2,1-3H3,(H,25,27)/t19-/m1/s1. The maximum absolute atomic E-state index is 13.4. The third kappa shape index (κ3) is 5.44. The van der Waals surface area contributed by atoms with Gasteiger partial charge in [-0.15, -0.1) is 0 Å². The van der Waals surface area contributed by atoms with Gasteiger partial charge in [0.2, 0.25) is 5.91 Å². The van der Waals surface area contributed by atoms with E-state index in [0.717, 1.165) is 15.4 Å². The first-order valence-electron chi connectivity index (χ1n) is 9.89. The summed E-state index contributed by atoms with van der Waals surface area (Å²) in [6.45, 7) is 3.40. The van der Waals surface area contributed by atoms with Crippen LogP contribution >= 0.6 is 0 Å². The zero-order valence-corrected chi connectivity index (χ0v) is 18.6. The lowest BCUT2D eigenvalue weighted by Gasteiger charge is -2.25. The molecule has 0 unspecified atom stereocenters. The minimum atomic E-state index is -3.95. The van der Waals surface area contributed by atoms with Gasteiger partial charge in [-0.3, -0.25) is 9.10 Å². The van der Waals surface area contributed by atoms with E-state index in [9.17, 15) is 13.2 Å². The van der Waals surface area contributed by atoms with Crippen molar-refractivity contribution in [2.45, 2.75) is 24.8 Å². The number of methoxy groups -OCH3 is 1. The average molecular weight is 439 g/mol. The number of anilines is 1. The Hall–Kier alpha value is -3.32. The van der Waals surface area contributed by atoms with Crippen molar-refractivity contribution in [1.82, 2.24) is 5.32 Å². The fourth-order valence-electron chi connectivity index (χ4n) is 3.14. The molecule has 0 aliphatic carbocycles. The van der Waals surface area contributed by atoms with Crippen molar-refractivity contribution >= 4 is 21.6 Å². The van der Waals surface area contributed by atoms with Gasteiger partial charge in [-0.05, 0) is 55.8 Å². The fourth-order valence-corrected chi connectivity index (χ4v) is 4.56. The molecule has 0 heterocycles. The van der Waals surface area contributed by atoms with Gasteiger partial charge in [0.1, 0.15) is 12.3 Å². The zero-order chi connectivity index (χ0) is 22.4. The van der Waals surface area contributed by atoms with Crippen LogP contribution in [0.25, 0.3) is 0 Å². The number of carbonyl (C=O) groups is 1. The average Bonchev–Trinajstić information content (AvgIpc) is 2.78. The molecule has 0 aromatic heterocycles. The van der Waals surface area contributed by atoms with E-state index >= 15 is 0 Å². The summed E-state index contributed by atoms with van der Waals surface area (Å²) >= 11 is 0. The molecule has 162 valence electrons. The summed E-state index contributed by atoms with van der Waals surface area (Å²) in [7, 11) is -2.42. The van der Waals surface area contributed by atoms with Crippen LogP contribution in [0.3, 0.4) is 0 Å². The summed E-state index contributed by atoms with van der Waals surface area (Å²) in [5, 5.41) is 2.88. The molecule has 0 saturated heterocycles. The summed E-state index contributed by atoms with van der Waals surface area (Å²) < 4.78 is 33.1. The van der Waals surface area contributed by atoms with Gasteiger partial charge in [0.05, 0.1) is 23.7 Å². The molecular formula is C24H26N2O4S. The van der Waals surface area contributed by atoms with E-state index in [4.69, 9.17) is 4.74 Å². The van der Waals surface area contributed by atoms with Crippen molar-refractivity contribution in [3.63, 3.8) is 0 Å². The number of benzene rings is 3. The molecule has 0 aliphatic rings. The maximum atomic E-state index is 13.4. The number of hydrogen-bond acceptors (Lipinski definition) is 4. The molecule has 0 bridgehead atoms. The number of amides is 1. The smallest absolute Gasteiger partial charge is 0.264 e. The number of sulfonamides is 1. The minimum absolute atomic E-state index is 0.123. The van der Waals surface area contributed by atoms with E-state index in [1.165, 1.54) is 7.11 Å². The highest BCUT2D eigenvalue weighted by atomic mass is 32.2. The summed E-state index contributed by atoms with van der Waals surface area (Å²) in [5.74, 6) is 0.196. The highest BCUT2D eigenvalue weighted by Gasteiger charge is 2.27. The molecule has 0 saturated carbocycles. The van der Waals surface area contributed by atoms with E-state index in [-0.39, 0.29) is 17.5 Å². The Morgan fingerprint density at radius 2 is 1.58 bits per heavy atom. The quantitative estimate of drug-likeness (QED) is 0.575. The van der Waals surface area contributed by atoms with Crippen molar-refractivity contribution in [3.8, 4) is 5.75 Å². The normalized spacial score (nSPS) is 12.1. The lowest BCUT2D eigenvalue weighted by Crippen LogP contribution is -2.41. The van der Waals surface area contributed by atoms with Crippen LogP contribution in [0.1, 0.15) is 24.1 Å². The molecule has 0 spiro atoms. The second kappa shape index (κ2) is 9.66. The molecule has 1 N–H and O–H groups in total. The van der Waals surface area contributed by atoms with Crippen LogP contribution < -0.4 is 14.4 Å². The fraction of sp³-hybridized carbons (Fsp3) is 0.208. The van der Waals surface area contributed by atoms with Crippen molar-refractivity contribution < 1.29 is 17.9 Å². The van der Waals surface area contributed by atoms with E-state index in [1.807, 2.05) is 44.2 Å². The predicted molar refractivity (Wildman–Crippen MR) is 122 cm³/mol. The Bertz CT molecular complexity index is 1110. The second-order valence-corrected chi connectivity index (χ2v) is 9.08. The van der Waals surface area contributed by atoms with E-state index in [1.54, 1.807) is 48.5 Å². The van der Waals surface area contributed by atoms with Crippen molar-refractivity contribution in [2.24, 2.45) is 0 Å². The molecule has 3 aromatic carbocycles. The highest BCUT2D eigenvalue weighted by molar-refractivity contribution is 7.92. The number of nitrogens with one attached hydrogen (secondary N) is 1.